The predicted octanol–water partition coefficient (Wildman–Crippen LogP) is 6.94. The molecule has 0 atom stereocenters. The minimum atomic E-state index is 0.0447. The van der Waals surface area contributed by atoms with Gasteiger partial charge in [0.25, 0.3) is 5.91 Å². The molecule has 5 fully saturated rings. The summed E-state index contributed by atoms with van der Waals surface area (Å²) in [6, 6.07) is 9.89. The molecule has 1 aromatic heterocycles. The average Bonchev–Trinajstić information content (AvgIpc) is 3.35. The summed E-state index contributed by atoms with van der Waals surface area (Å²) in [4.78, 5) is 16.3. The van der Waals surface area contributed by atoms with Gasteiger partial charge in [-0.1, -0.05) is 35.6 Å². The topological polar surface area (TPSA) is 53.7 Å². The third-order valence-corrected chi connectivity index (χ3v) is 9.97. The van der Waals surface area contributed by atoms with Crippen LogP contribution in [0.3, 0.4) is 0 Å². The normalized spacial score (nSPS) is 30.7. The molecule has 1 saturated heterocycles. The number of furan rings is 1. The van der Waals surface area contributed by atoms with Crippen LogP contribution < -0.4 is 0 Å². The number of nitrogens with zero attached hydrogens (tertiary/aromatic N) is 1. The van der Waals surface area contributed by atoms with Crippen molar-refractivity contribution in [1.29, 1.82) is 0 Å². The van der Waals surface area contributed by atoms with Crippen LogP contribution in [-0.2, 0) is 11.2 Å². The van der Waals surface area contributed by atoms with Gasteiger partial charge in [-0.3, -0.25) is 9.69 Å². The van der Waals surface area contributed by atoms with Crippen molar-refractivity contribution in [2.45, 2.75) is 57.4 Å². The molecular weight excluding hydrogens is 498 g/mol. The van der Waals surface area contributed by atoms with E-state index in [9.17, 15) is 9.90 Å². The number of amides is 1. The molecule has 0 radical (unpaired) electrons. The molecule has 4 saturated carbocycles. The highest BCUT2D eigenvalue weighted by Crippen LogP contribution is 2.56. The van der Waals surface area contributed by atoms with Crippen LogP contribution in [0.1, 0.15) is 56.3 Å². The summed E-state index contributed by atoms with van der Waals surface area (Å²) in [7, 11) is 0. The Morgan fingerprint density at radius 2 is 1.77 bits per heavy atom. The minimum Gasteiger partial charge on any atom is -0.456 e. The molecule has 1 amide bonds. The van der Waals surface area contributed by atoms with E-state index in [0.29, 0.717) is 31.8 Å². The fourth-order valence-corrected chi connectivity index (χ4v) is 8.56. The maximum Gasteiger partial charge on any atom is 0.266 e. The standard InChI is InChI=1S/C28H30ClNO3S2/c29-22-6-4-18(5-7-22)23-14-19(3-1-2-8-31)24(33-23)15-25-27(32)30(28(34)35-25)26-20-10-16-9-17(12-20)13-21(26)11-16/h4-7,14-17,20-21,26,31H,1-3,8-13H2/b25-15-. The van der Waals surface area contributed by atoms with Gasteiger partial charge in [0, 0.05) is 29.3 Å². The number of thiocarbonyl (C=S) groups is 1. The van der Waals surface area contributed by atoms with Crippen LogP contribution in [0.2, 0.25) is 5.02 Å². The second-order valence-corrected chi connectivity index (χ2v) is 12.8. The second kappa shape index (κ2) is 9.70. The van der Waals surface area contributed by atoms with Crippen LogP contribution >= 0.6 is 35.6 Å². The van der Waals surface area contributed by atoms with Crippen molar-refractivity contribution in [2.75, 3.05) is 6.61 Å². The molecule has 0 unspecified atom stereocenters. The van der Waals surface area contributed by atoms with Crippen molar-refractivity contribution in [3.05, 3.63) is 51.6 Å². The summed E-state index contributed by atoms with van der Waals surface area (Å²) >= 11 is 13.3. The predicted molar refractivity (Wildman–Crippen MR) is 145 cm³/mol. The molecule has 7 rings (SSSR count). The largest absolute Gasteiger partial charge is 0.456 e. The number of rotatable bonds is 7. The molecule has 5 aliphatic rings. The molecular formula is C28H30ClNO3S2. The number of aliphatic hydroxyl groups excluding tert-OH is 1. The summed E-state index contributed by atoms with van der Waals surface area (Å²) < 4.78 is 6.98. The van der Waals surface area contributed by atoms with Crippen molar-refractivity contribution in [3.63, 3.8) is 0 Å². The summed E-state index contributed by atoms with van der Waals surface area (Å²) in [5.41, 5.74) is 1.99. The van der Waals surface area contributed by atoms with E-state index < -0.39 is 0 Å². The summed E-state index contributed by atoms with van der Waals surface area (Å²) in [5.74, 6) is 4.42. The SMILES string of the molecule is O=C1/C(=C/c2oc(-c3ccc(Cl)cc3)cc2CCCCO)SC(=S)N1C1C2CC3CC(C2)CC1C3. The van der Waals surface area contributed by atoms with Crippen molar-refractivity contribution in [2.24, 2.45) is 23.7 Å². The lowest BCUT2D eigenvalue weighted by Crippen LogP contribution is -2.57. The Balaban J connectivity index is 1.29. The Morgan fingerprint density at radius 3 is 2.43 bits per heavy atom. The van der Waals surface area contributed by atoms with Crippen molar-refractivity contribution < 1.29 is 14.3 Å². The molecule has 1 aliphatic heterocycles. The Labute approximate surface area is 221 Å². The van der Waals surface area contributed by atoms with E-state index in [1.807, 2.05) is 41.3 Å². The Hall–Kier alpha value is -1.60. The number of unbranched alkanes of at least 4 members (excludes halogenated alkanes) is 1. The average molecular weight is 528 g/mol. The number of hydrogen-bond acceptors (Lipinski definition) is 5. The Morgan fingerprint density at radius 1 is 1.09 bits per heavy atom. The summed E-state index contributed by atoms with van der Waals surface area (Å²) in [5, 5.41) is 9.92. The van der Waals surface area contributed by atoms with Crippen LogP contribution in [0, 0.1) is 23.7 Å². The first-order chi connectivity index (χ1) is 17.0. The maximum atomic E-state index is 13.7. The van der Waals surface area contributed by atoms with Gasteiger partial charge in [0.05, 0.1) is 4.91 Å². The molecule has 184 valence electrons. The van der Waals surface area contributed by atoms with E-state index >= 15 is 0 Å². The number of carbonyl (C=O) groups excluding carboxylic acids is 1. The lowest BCUT2D eigenvalue weighted by atomic mass is 9.54. The molecule has 4 bridgehead atoms. The van der Waals surface area contributed by atoms with E-state index in [1.54, 1.807) is 0 Å². The van der Waals surface area contributed by atoms with Crippen molar-refractivity contribution >= 4 is 51.9 Å². The van der Waals surface area contributed by atoms with Crippen LogP contribution in [0.15, 0.2) is 39.7 Å². The fraction of sp³-hybridized carbons (Fsp3) is 0.500. The highest BCUT2D eigenvalue weighted by molar-refractivity contribution is 8.26. The van der Waals surface area contributed by atoms with Gasteiger partial charge in [-0.2, -0.15) is 0 Å². The molecule has 7 heteroatoms. The molecule has 4 nitrogen and oxygen atoms in total. The van der Waals surface area contributed by atoms with Crippen LogP contribution in [0.5, 0.6) is 0 Å². The van der Waals surface area contributed by atoms with E-state index in [4.69, 9.17) is 28.2 Å². The van der Waals surface area contributed by atoms with Gasteiger partial charge < -0.3 is 9.52 Å². The maximum absolute atomic E-state index is 13.7. The van der Waals surface area contributed by atoms with Gasteiger partial charge in [-0.05, 0) is 111 Å². The Kier molecular flexibility index (Phi) is 6.59. The van der Waals surface area contributed by atoms with Crippen LogP contribution in [0.25, 0.3) is 17.4 Å². The van der Waals surface area contributed by atoms with Gasteiger partial charge in [0.2, 0.25) is 0 Å². The van der Waals surface area contributed by atoms with Gasteiger partial charge >= 0.3 is 0 Å². The fourth-order valence-electron chi connectivity index (χ4n) is 7.12. The molecule has 35 heavy (non-hydrogen) atoms. The van der Waals surface area contributed by atoms with Gasteiger partial charge in [0.1, 0.15) is 15.8 Å². The first-order valence-corrected chi connectivity index (χ1v) is 14.4. The highest BCUT2D eigenvalue weighted by Gasteiger charge is 2.53. The molecule has 2 heterocycles. The zero-order valence-corrected chi connectivity index (χ0v) is 22.0. The highest BCUT2D eigenvalue weighted by atomic mass is 35.5. The quantitative estimate of drug-likeness (QED) is 0.240. The second-order valence-electron chi connectivity index (χ2n) is 10.7. The van der Waals surface area contributed by atoms with E-state index in [0.717, 1.165) is 48.0 Å². The van der Waals surface area contributed by atoms with Gasteiger partial charge in [-0.25, -0.2) is 0 Å². The molecule has 1 aromatic carbocycles. The zero-order valence-electron chi connectivity index (χ0n) is 19.6. The monoisotopic (exact) mass is 527 g/mol. The van der Waals surface area contributed by atoms with Crippen LogP contribution in [0.4, 0.5) is 0 Å². The minimum absolute atomic E-state index is 0.0447. The smallest absolute Gasteiger partial charge is 0.266 e. The third-order valence-electron chi connectivity index (χ3n) is 8.39. The first kappa shape index (κ1) is 23.8. The zero-order chi connectivity index (χ0) is 24.1. The van der Waals surface area contributed by atoms with Gasteiger partial charge in [-0.15, -0.1) is 0 Å². The number of carbonyl (C=O) groups is 1. The van der Waals surface area contributed by atoms with E-state index in [2.05, 4.69) is 0 Å². The molecule has 1 N–H and O–H groups in total. The number of halogens is 1. The number of aliphatic hydroxyl groups is 1. The first-order valence-electron chi connectivity index (χ1n) is 12.8. The number of benzene rings is 1. The van der Waals surface area contributed by atoms with Crippen molar-refractivity contribution in [1.82, 2.24) is 4.90 Å². The summed E-state index contributed by atoms with van der Waals surface area (Å²) in [6.45, 7) is 0.168. The van der Waals surface area contributed by atoms with Crippen LogP contribution in [-0.4, -0.2) is 32.9 Å². The summed E-state index contributed by atoms with van der Waals surface area (Å²) in [6.07, 6.45) is 10.7. The third kappa shape index (κ3) is 4.52. The Bertz CT molecular complexity index is 1140. The van der Waals surface area contributed by atoms with E-state index in [-0.39, 0.29) is 18.6 Å². The molecule has 4 aliphatic carbocycles. The molecule has 0 spiro atoms. The van der Waals surface area contributed by atoms with Crippen molar-refractivity contribution in [3.8, 4) is 11.3 Å². The number of hydrogen-bond donors (Lipinski definition) is 1. The van der Waals surface area contributed by atoms with E-state index in [1.165, 1.54) is 43.9 Å². The lowest BCUT2D eigenvalue weighted by molar-refractivity contribution is -0.130. The lowest BCUT2D eigenvalue weighted by Gasteiger charge is -2.56. The molecule has 2 aromatic rings. The van der Waals surface area contributed by atoms with Gasteiger partial charge in [0.15, 0.2) is 0 Å². The number of aryl methyl sites for hydroxylation is 1. The number of thioether (sulfide) groups is 1.